The minimum atomic E-state index is 0.415. The van der Waals surface area contributed by atoms with Gasteiger partial charge in [-0.25, -0.2) is 0 Å². The third kappa shape index (κ3) is 2.34. The molecule has 0 aliphatic heterocycles. The van der Waals surface area contributed by atoms with Crippen molar-refractivity contribution in [2.75, 3.05) is 5.73 Å². The molecule has 2 heterocycles. The van der Waals surface area contributed by atoms with E-state index in [2.05, 4.69) is 31.1 Å². The van der Waals surface area contributed by atoms with Crippen LogP contribution in [0.15, 0.2) is 51.7 Å². The summed E-state index contributed by atoms with van der Waals surface area (Å²) < 4.78 is 6.12. The van der Waals surface area contributed by atoms with Crippen molar-refractivity contribution in [3.8, 4) is 22.8 Å². The van der Waals surface area contributed by atoms with Crippen LogP contribution in [0.4, 0.5) is 5.69 Å². The van der Waals surface area contributed by atoms with Crippen LogP contribution < -0.4 is 5.73 Å². The van der Waals surface area contributed by atoms with Gasteiger partial charge in [-0.15, -0.1) is 0 Å². The Balaban J connectivity index is 2.04. The van der Waals surface area contributed by atoms with E-state index < -0.39 is 0 Å². The van der Waals surface area contributed by atoms with Crippen molar-refractivity contribution in [3.63, 3.8) is 0 Å². The van der Waals surface area contributed by atoms with Crippen molar-refractivity contribution in [3.05, 3.63) is 47.2 Å². The molecule has 2 N–H and O–H groups in total. The molecular formula is C13H9BrN4O. The molecule has 0 saturated carbocycles. The summed E-state index contributed by atoms with van der Waals surface area (Å²) in [4.78, 5) is 8.37. The second-order valence-corrected chi connectivity index (χ2v) is 4.76. The lowest BCUT2D eigenvalue weighted by Gasteiger charge is -1.99. The number of rotatable bonds is 2. The fourth-order valence-corrected chi connectivity index (χ4v) is 2.07. The molecule has 2 aromatic heterocycles. The van der Waals surface area contributed by atoms with Gasteiger partial charge in [0.15, 0.2) is 0 Å². The largest absolute Gasteiger partial charge is 0.399 e. The van der Waals surface area contributed by atoms with Gasteiger partial charge >= 0.3 is 0 Å². The molecule has 0 unspecified atom stereocenters. The molecular weight excluding hydrogens is 308 g/mol. The summed E-state index contributed by atoms with van der Waals surface area (Å²) >= 11 is 3.44. The molecule has 0 atom stereocenters. The van der Waals surface area contributed by atoms with Crippen LogP contribution in [0.25, 0.3) is 22.8 Å². The molecule has 0 saturated heterocycles. The minimum Gasteiger partial charge on any atom is -0.399 e. The first-order valence-electron chi connectivity index (χ1n) is 5.53. The molecule has 0 radical (unpaired) electrons. The smallest absolute Gasteiger partial charge is 0.259 e. The highest BCUT2D eigenvalue weighted by Gasteiger charge is 2.13. The Morgan fingerprint density at radius 1 is 1.21 bits per heavy atom. The maximum atomic E-state index is 5.76. The van der Waals surface area contributed by atoms with Gasteiger partial charge in [0.05, 0.1) is 5.56 Å². The Bertz CT molecular complexity index is 712. The minimum absolute atomic E-state index is 0.415. The van der Waals surface area contributed by atoms with E-state index in [0.717, 1.165) is 15.6 Å². The number of benzene rings is 1. The topological polar surface area (TPSA) is 77.8 Å². The van der Waals surface area contributed by atoms with E-state index in [9.17, 15) is 0 Å². The van der Waals surface area contributed by atoms with E-state index in [1.165, 1.54) is 0 Å². The molecule has 0 fully saturated rings. The predicted octanol–water partition coefficient (Wildman–Crippen LogP) is 3.14. The predicted molar refractivity (Wildman–Crippen MR) is 75.1 cm³/mol. The molecule has 0 amide bonds. The lowest BCUT2D eigenvalue weighted by Crippen LogP contribution is -1.87. The Hall–Kier alpha value is -2.21. The molecule has 0 spiro atoms. The first-order valence-corrected chi connectivity index (χ1v) is 6.33. The van der Waals surface area contributed by atoms with E-state index in [4.69, 9.17) is 10.3 Å². The van der Waals surface area contributed by atoms with Crippen molar-refractivity contribution < 1.29 is 4.52 Å². The van der Waals surface area contributed by atoms with Crippen LogP contribution in [0.1, 0.15) is 0 Å². The maximum Gasteiger partial charge on any atom is 0.259 e. The average Bonchev–Trinajstić information content (AvgIpc) is 2.92. The number of halogens is 1. The van der Waals surface area contributed by atoms with Gasteiger partial charge in [-0.05, 0) is 46.3 Å². The third-order valence-corrected chi connectivity index (χ3v) is 3.26. The monoisotopic (exact) mass is 316 g/mol. The highest BCUT2D eigenvalue weighted by atomic mass is 79.9. The van der Waals surface area contributed by atoms with Gasteiger partial charge < -0.3 is 10.3 Å². The van der Waals surface area contributed by atoms with E-state index in [1.807, 2.05) is 18.2 Å². The third-order valence-electron chi connectivity index (χ3n) is 2.57. The van der Waals surface area contributed by atoms with Gasteiger partial charge in [0.1, 0.15) is 0 Å². The molecule has 5 nitrogen and oxygen atoms in total. The summed E-state index contributed by atoms with van der Waals surface area (Å²) in [6, 6.07) is 9.12. The summed E-state index contributed by atoms with van der Waals surface area (Å²) in [5, 5.41) is 3.95. The van der Waals surface area contributed by atoms with Gasteiger partial charge in [0, 0.05) is 28.1 Å². The fraction of sp³-hybridized carbons (Fsp3) is 0. The van der Waals surface area contributed by atoms with Gasteiger partial charge in [0.2, 0.25) is 5.82 Å². The first kappa shape index (κ1) is 11.9. The highest BCUT2D eigenvalue weighted by molar-refractivity contribution is 9.10. The van der Waals surface area contributed by atoms with Gasteiger partial charge in [-0.3, -0.25) is 4.98 Å². The standard InChI is InChI=1S/C13H9BrN4O/c14-11-4-3-9(15)6-10(11)13-17-12(18-19-13)8-2-1-5-16-7-8/h1-7H,15H2. The number of nitrogens with two attached hydrogens (primary N) is 1. The van der Waals surface area contributed by atoms with Crippen LogP contribution in [0.2, 0.25) is 0 Å². The number of aromatic nitrogens is 3. The van der Waals surface area contributed by atoms with E-state index >= 15 is 0 Å². The van der Waals surface area contributed by atoms with Gasteiger partial charge in [0.25, 0.3) is 5.89 Å². The first-order chi connectivity index (χ1) is 9.24. The van der Waals surface area contributed by atoms with E-state index in [0.29, 0.717) is 17.4 Å². The molecule has 6 heteroatoms. The van der Waals surface area contributed by atoms with E-state index in [-0.39, 0.29) is 0 Å². The SMILES string of the molecule is Nc1ccc(Br)c(-c2nc(-c3cccnc3)no2)c1. The fourth-order valence-electron chi connectivity index (χ4n) is 1.65. The summed E-state index contributed by atoms with van der Waals surface area (Å²) in [6.45, 7) is 0. The Morgan fingerprint density at radius 2 is 2.11 bits per heavy atom. The van der Waals surface area contributed by atoms with Crippen molar-refractivity contribution >= 4 is 21.6 Å². The summed E-state index contributed by atoms with van der Waals surface area (Å²) in [5.74, 6) is 0.912. The Morgan fingerprint density at radius 3 is 2.89 bits per heavy atom. The van der Waals surface area contributed by atoms with Crippen LogP contribution in [0.3, 0.4) is 0 Å². The summed E-state index contributed by atoms with van der Waals surface area (Å²) in [5.41, 5.74) is 7.97. The van der Waals surface area contributed by atoms with Gasteiger partial charge in [-0.2, -0.15) is 4.98 Å². The number of hydrogen-bond acceptors (Lipinski definition) is 5. The van der Waals surface area contributed by atoms with Gasteiger partial charge in [-0.1, -0.05) is 5.16 Å². The molecule has 3 rings (SSSR count). The zero-order valence-electron chi connectivity index (χ0n) is 9.75. The quantitative estimate of drug-likeness (QED) is 0.735. The lowest BCUT2D eigenvalue weighted by molar-refractivity contribution is 0.432. The van der Waals surface area contributed by atoms with Crippen molar-refractivity contribution in [1.29, 1.82) is 0 Å². The molecule has 94 valence electrons. The highest BCUT2D eigenvalue weighted by Crippen LogP contribution is 2.30. The Kier molecular flexibility index (Phi) is 3.00. The van der Waals surface area contributed by atoms with Crippen molar-refractivity contribution in [2.45, 2.75) is 0 Å². The number of nitrogens with zero attached hydrogens (tertiary/aromatic N) is 3. The second-order valence-electron chi connectivity index (χ2n) is 3.90. The van der Waals surface area contributed by atoms with Crippen LogP contribution in [-0.4, -0.2) is 15.1 Å². The molecule has 0 aliphatic rings. The number of hydrogen-bond donors (Lipinski definition) is 1. The van der Waals surface area contributed by atoms with Crippen LogP contribution >= 0.6 is 15.9 Å². The molecule has 19 heavy (non-hydrogen) atoms. The molecule has 0 bridgehead atoms. The van der Waals surface area contributed by atoms with Crippen LogP contribution in [-0.2, 0) is 0 Å². The Labute approximate surface area is 117 Å². The summed E-state index contributed by atoms with van der Waals surface area (Å²) in [6.07, 6.45) is 3.38. The zero-order chi connectivity index (χ0) is 13.2. The number of nitrogen functional groups attached to an aromatic ring is 1. The molecule has 3 aromatic rings. The molecule has 0 aliphatic carbocycles. The lowest BCUT2D eigenvalue weighted by atomic mass is 10.2. The zero-order valence-corrected chi connectivity index (χ0v) is 11.3. The number of pyridine rings is 1. The molecule has 1 aromatic carbocycles. The number of anilines is 1. The average molecular weight is 317 g/mol. The maximum absolute atomic E-state index is 5.76. The van der Waals surface area contributed by atoms with Crippen molar-refractivity contribution in [1.82, 2.24) is 15.1 Å². The van der Waals surface area contributed by atoms with E-state index in [1.54, 1.807) is 24.5 Å². The van der Waals surface area contributed by atoms with Crippen LogP contribution in [0, 0.1) is 0 Å². The van der Waals surface area contributed by atoms with Crippen molar-refractivity contribution in [2.24, 2.45) is 0 Å². The van der Waals surface area contributed by atoms with Crippen LogP contribution in [0.5, 0.6) is 0 Å². The normalized spacial score (nSPS) is 10.6. The second kappa shape index (κ2) is 4.81. The summed E-state index contributed by atoms with van der Waals surface area (Å²) in [7, 11) is 0.